The molecule has 0 unspecified atom stereocenters. The van der Waals surface area contributed by atoms with Gasteiger partial charge in [0.05, 0.1) is 12.2 Å². The number of fused-ring (bicyclic) bond motifs is 1. The molecular weight excluding hydrogens is 352 g/mol. The second kappa shape index (κ2) is 8.22. The average Bonchev–Trinajstić information content (AvgIpc) is 2.73. The van der Waals surface area contributed by atoms with Crippen LogP contribution in [0.4, 0.5) is 5.82 Å². The van der Waals surface area contributed by atoms with E-state index in [1.165, 1.54) is 5.56 Å². The number of hydrogen-bond donors (Lipinski definition) is 1. The minimum atomic E-state index is 0.107. The van der Waals surface area contributed by atoms with E-state index < -0.39 is 0 Å². The number of aromatic nitrogens is 3. The summed E-state index contributed by atoms with van der Waals surface area (Å²) < 4.78 is 0. The van der Waals surface area contributed by atoms with Crippen molar-refractivity contribution in [2.75, 3.05) is 32.0 Å². The Morgan fingerprint density at radius 1 is 1.32 bits per heavy atom. The minimum absolute atomic E-state index is 0.107. The molecule has 0 aromatic carbocycles. The van der Waals surface area contributed by atoms with Crippen LogP contribution in [-0.2, 0) is 24.3 Å². The van der Waals surface area contributed by atoms with E-state index in [1.807, 2.05) is 30.4 Å². The van der Waals surface area contributed by atoms with Crippen molar-refractivity contribution in [1.29, 1.82) is 0 Å². The number of carbonyl (C=O) groups is 1. The molecule has 2 aliphatic rings. The van der Waals surface area contributed by atoms with Crippen LogP contribution in [0.1, 0.15) is 48.3 Å². The fraction of sp³-hybridized carbons (Fsp3) is 0.524. The fourth-order valence-corrected chi connectivity index (χ4v) is 4.25. The van der Waals surface area contributed by atoms with Gasteiger partial charge in [-0.1, -0.05) is 6.07 Å². The van der Waals surface area contributed by atoms with Crippen molar-refractivity contribution < 1.29 is 4.79 Å². The SMILES string of the molecule is CNc1nc([C@H]2CCCN(Cc3cccnc3)C2)nc2c1CN(C(C)=O)CC2. The van der Waals surface area contributed by atoms with E-state index >= 15 is 0 Å². The number of anilines is 1. The monoisotopic (exact) mass is 380 g/mol. The smallest absolute Gasteiger partial charge is 0.219 e. The van der Waals surface area contributed by atoms with Gasteiger partial charge in [-0.3, -0.25) is 14.7 Å². The maximum absolute atomic E-state index is 11.8. The molecule has 0 aliphatic carbocycles. The molecule has 1 fully saturated rings. The Morgan fingerprint density at radius 3 is 2.96 bits per heavy atom. The number of nitrogens with one attached hydrogen (secondary N) is 1. The molecular formula is C21H28N6O. The number of nitrogens with zero attached hydrogens (tertiary/aromatic N) is 5. The Labute approximate surface area is 166 Å². The highest BCUT2D eigenvalue weighted by atomic mass is 16.2. The third-order valence-corrected chi connectivity index (χ3v) is 5.76. The average molecular weight is 380 g/mol. The van der Waals surface area contributed by atoms with Gasteiger partial charge in [-0.05, 0) is 31.0 Å². The van der Waals surface area contributed by atoms with Crippen molar-refractivity contribution in [3.8, 4) is 0 Å². The van der Waals surface area contributed by atoms with Gasteiger partial charge in [0.15, 0.2) is 0 Å². The van der Waals surface area contributed by atoms with Crippen LogP contribution in [0, 0.1) is 0 Å². The Hall–Kier alpha value is -2.54. The lowest BCUT2D eigenvalue weighted by Gasteiger charge is -2.33. The van der Waals surface area contributed by atoms with E-state index in [1.54, 1.807) is 6.92 Å². The first-order valence-corrected chi connectivity index (χ1v) is 10.1. The van der Waals surface area contributed by atoms with E-state index in [0.29, 0.717) is 12.5 Å². The quantitative estimate of drug-likeness (QED) is 0.877. The Kier molecular flexibility index (Phi) is 5.52. The van der Waals surface area contributed by atoms with Gasteiger partial charge in [0.25, 0.3) is 0 Å². The van der Waals surface area contributed by atoms with Crippen molar-refractivity contribution in [3.63, 3.8) is 0 Å². The van der Waals surface area contributed by atoms with Crippen LogP contribution in [0.5, 0.6) is 0 Å². The Morgan fingerprint density at radius 2 is 2.21 bits per heavy atom. The van der Waals surface area contributed by atoms with Crippen molar-refractivity contribution >= 4 is 11.7 Å². The number of piperidine rings is 1. The van der Waals surface area contributed by atoms with E-state index in [9.17, 15) is 4.79 Å². The molecule has 4 rings (SSSR count). The molecule has 1 N–H and O–H groups in total. The summed E-state index contributed by atoms with van der Waals surface area (Å²) in [6.45, 7) is 5.94. The second-order valence-electron chi connectivity index (χ2n) is 7.73. The van der Waals surface area contributed by atoms with Crippen molar-refractivity contribution in [1.82, 2.24) is 24.8 Å². The van der Waals surface area contributed by atoms with Crippen LogP contribution in [-0.4, -0.2) is 57.3 Å². The third-order valence-electron chi connectivity index (χ3n) is 5.76. The summed E-state index contributed by atoms with van der Waals surface area (Å²) in [7, 11) is 1.90. The maximum atomic E-state index is 11.8. The van der Waals surface area contributed by atoms with Crippen LogP contribution < -0.4 is 5.32 Å². The number of likely N-dealkylation sites (tertiary alicyclic amines) is 1. The van der Waals surface area contributed by atoms with Gasteiger partial charge in [0.2, 0.25) is 5.91 Å². The lowest BCUT2D eigenvalue weighted by atomic mass is 9.96. The highest BCUT2D eigenvalue weighted by molar-refractivity contribution is 5.74. The van der Waals surface area contributed by atoms with E-state index in [4.69, 9.17) is 9.97 Å². The van der Waals surface area contributed by atoms with E-state index in [-0.39, 0.29) is 5.91 Å². The normalized spacial score (nSPS) is 19.9. The van der Waals surface area contributed by atoms with Gasteiger partial charge in [0.1, 0.15) is 11.6 Å². The van der Waals surface area contributed by atoms with E-state index in [2.05, 4.69) is 21.3 Å². The highest BCUT2D eigenvalue weighted by Crippen LogP contribution is 2.30. The topological polar surface area (TPSA) is 74.2 Å². The van der Waals surface area contributed by atoms with Gasteiger partial charge in [-0.15, -0.1) is 0 Å². The molecule has 7 heteroatoms. The van der Waals surface area contributed by atoms with Gasteiger partial charge in [-0.2, -0.15) is 0 Å². The van der Waals surface area contributed by atoms with Gasteiger partial charge >= 0.3 is 0 Å². The van der Waals surface area contributed by atoms with Crippen LogP contribution in [0.25, 0.3) is 0 Å². The zero-order chi connectivity index (χ0) is 19.5. The predicted octanol–water partition coefficient (Wildman–Crippen LogP) is 2.20. The number of carbonyl (C=O) groups excluding carboxylic acids is 1. The summed E-state index contributed by atoms with van der Waals surface area (Å²) in [6.07, 6.45) is 6.82. The lowest BCUT2D eigenvalue weighted by molar-refractivity contribution is -0.129. The van der Waals surface area contributed by atoms with Crippen LogP contribution >= 0.6 is 0 Å². The fourth-order valence-electron chi connectivity index (χ4n) is 4.25. The van der Waals surface area contributed by atoms with Gasteiger partial charge in [0, 0.05) is 63.9 Å². The zero-order valence-corrected chi connectivity index (χ0v) is 16.7. The first-order valence-electron chi connectivity index (χ1n) is 10.1. The molecule has 1 atom stereocenters. The first-order chi connectivity index (χ1) is 13.6. The number of amides is 1. The van der Waals surface area contributed by atoms with Crippen LogP contribution in [0.15, 0.2) is 24.5 Å². The zero-order valence-electron chi connectivity index (χ0n) is 16.7. The maximum Gasteiger partial charge on any atom is 0.219 e. The molecule has 2 aliphatic heterocycles. The molecule has 2 aromatic rings. The van der Waals surface area contributed by atoms with Gasteiger partial charge in [-0.25, -0.2) is 9.97 Å². The summed E-state index contributed by atoms with van der Waals surface area (Å²) in [5.41, 5.74) is 3.40. The molecule has 148 valence electrons. The summed E-state index contributed by atoms with van der Waals surface area (Å²) >= 11 is 0. The number of pyridine rings is 1. The molecule has 0 bridgehead atoms. The van der Waals surface area contributed by atoms with Gasteiger partial charge < -0.3 is 10.2 Å². The number of rotatable bonds is 4. The summed E-state index contributed by atoms with van der Waals surface area (Å²) in [6, 6.07) is 4.12. The molecule has 28 heavy (non-hydrogen) atoms. The Bertz CT molecular complexity index is 823. The molecule has 4 heterocycles. The molecule has 0 radical (unpaired) electrons. The molecule has 0 saturated carbocycles. The molecule has 0 spiro atoms. The van der Waals surface area contributed by atoms with E-state index in [0.717, 1.165) is 68.3 Å². The summed E-state index contributed by atoms with van der Waals surface area (Å²) in [5, 5.41) is 3.23. The van der Waals surface area contributed by atoms with Crippen molar-refractivity contribution in [3.05, 3.63) is 47.2 Å². The molecule has 1 amide bonds. The third kappa shape index (κ3) is 3.99. The summed E-state index contributed by atoms with van der Waals surface area (Å²) in [4.78, 5) is 30.1. The predicted molar refractivity (Wildman–Crippen MR) is 108 cm³/mol. The van der Waals surface area contributed by atoms with Crippen molar-refractivity contribution in [2.24, 2.45) is 0 Å². The minimum Gasteiger partial charge on any atom is -0.373 e. The highest BCUT2D eigenvalue weighted by Gasteiger charge is 2.28. The largest absolute Gasteiger partial charge is 0.373 e. The first kappa shape index (κ1) is 18.8. The Balaban J connectivity index is 1.53. The van der Waals surface area contributed by atoms with Crippen molar-refractivity contribution in [2.45, 2.75) is 45.2 Å². The molecule has 7 nitrogen and oxygen atoms in total. The molecule has 2 aromatic heterocycles. The lowest BCUT2D eigenvalue weighted by Crippen LogP contribution is -2.37. The second-order valence-corrected chi connectivity index (χ2v) is 7.73. The number of hydrogen-bond acceptors (Lipinski definition) is 6. The van der Waals surface area contributed by atoms with Crippen LogP contribution in [0.3, 0.4) is 0 Å². The summed E-state index contributed by atoms with van der Waals surface area (Å²) in [5.74, 6) is 2.26. The van der Waals surface area contributed by atoms with Crippen LogP contribution in [0.2, 0.25) is 0 Å². The molecule has 1 saturated heterocycles. The standard InChI is InChI=1S/C21H28N6O/c1-15(28)27-10-7-19-18(14-27)21(22-2)25-20(24-19)17-6-4-9-26(13-17)12-16-5-3-8-23-11-16/h3,5,8,11,17H,4,6-7,9-10,12-14H2,1-2H3,(H,22,24,25)/t17-/m0/s1.